The van der Waals surface area contributed by atoms with E-state index in [1.165, 1.54) is 5.56 Å². The van der Waals surface area contributed by atoms with Crippen molar-refractivity contribution in [3.8, 4) is 5.75 Å². The van der Waals surface area contributed by atoms with Crippen molar-refractivity contribution in [3.05, 3.63) is 29.3 Å². The minimum absolute atomic E-state index is 0.216. The summed E-state index contributed by atoms with van der Waals surface area (Å²) in [6, 6.07) is 6.35. The van der Waals surface area contributed by atoms with Gasteiger partial charge in [-0.05, 0) is 37.3 Å². The van der Waals surface area contributed by atoms with Crippen LogP contribution < -0.4 is 15.4 Å². The maximum Gasteiger partial charge on any atom is 0.191 e. The van der Waals surface area contributed by atoms with Crippen LogP contribution in [0.1, 0.15) is 30.9 Å². The summed E-state index contributed by atoms with van der Waals surface area (Å²) in [7, 11) is 1.81. The van der Waals surface area contributed by atoms with Gasteiger partial charge in [-0.1, -0.05) is 19.1 Å². The zero-order chi connectivity index (χ0) is 21.2. The summed E-state index contributed by atoms with van der Waals surface area (Å²) in [6.45, 7) is 12.2. The second kappa shape index (κ2) is 12.1. The van der Waals surface area contributed by atoms with Crippen molar-refractivity contribution >= 4 is 5.96 Å². The summed E-state index contributed by atoms with van der Waals surface area (Å²) >= 11 is 0. The standard InChI is InChI=1S/C23H38N4O3/c1-18-6-7-20(22(13-18)30-17-21-5-4-10-29-21)15-26-23(24-3)25-14-19(2)16-27-8-11-28-12-9-27/h6-7,13,19,21H,4-5,8-12,14-17H2,1-3H3,(H2,24,25,26). The number of benzene rings is 1. The predicted molar refractivity (Wildman–Crippen MR) is 120 cm³/mol. The molecule has 1 aromatic carbocycles. The van der Waals surface area contributed by atoms with Crippen LogP contribution in [0.15, 0.2) is 23.2 Å². The summed E-state index contributed by atoms with van der Waals surface area (Å²) in [6.07, 6.45) is 2.43. The molecule has 2 N–H and O–H groups in total. The molecule has 2 saturated heterocycles. The minimum atomic E-state index is 0.216. The Hall–Kier alpha value is -1.83. The lowest BCUT2D eigenvalue weighted by Crippen LogP contribution is -2.43. The molecule has 0 amide bonds. The lowest BCUT2D eigenvalue weighted by atomic mass is 10.1. The summed E-state index contributed by atoms with van der Waals surface area (Å²) in [5.41, 5.74) is 2.32. The van der Waals surface area contributed by atoms with E-state index in [1.54, 1.807) is 0 Å². The van der Waals surface area contributed by atoms with E-state index < -0.39 is 0 Å². The molecule has 2 atom stereocenters. The third kappa shape index (κ3) is 7.45. The van der Waals surface area contributed by atoms with Crippen LogP contribution in [0, 0.1) is 12.8 Å². The lowest BCUT2D eigenvalue weighted by Gasteiger charge is -2.29. The van der Waals surface area contributed by atoms with Gasteiger partial charge in [0.25, 0.3) is 0 Å². The van der Waals surface area contributed by atoms with Crippen molar-refractivity contribution in [3.63, 3.8) is 0 Å². The van der Waals surface area contributed by atoms with E-state index in [9.17, 15) is 0 Å². The van der Waals surface area contributed by atoms with Crippen molar-refractivity contribution < 1.29 is 14.2 Å². The molecule has 2 fully saturated rings. The van der Waals surface area contributed by atoms with Crippen LogP contribution in [0.3, 0.4) is 0 Å². The van der Waals surface area contributed by atoms with Gasteiger partial charge in [0.05, 0.1) is 19.3 Å². The summed E-state index contributed by atoms with van der Waals surface area (Å²) < 4.78 is 17.2. The summed E-state index contributed by atoms with van der Waals surface area (Å²) in [4.78, 5) is 6.85. The molecule has 0 aromatic heterocycles. The molecule has 30 heavy (non-hydrogen) atoms. The molecule has 0 saturated carbocycles. The highest BCUT2D eigenvalue weighted by Crippen LogP contribution is 2.22. The third-order valence-electron chi connectivity index (χ3n) is 5.63. The molecule has 2 unspecified atom stereocenters. The van der Waals surface area contributed by atoms with E-state index in [1.807, 2.05) is 7.05 Å². The number of guanidine groups is 1. The summed E-state index contributed by atoms with van der Waals surface area (Å²) in [5.74, 6) is 2.27. The molecule has 0 bridgehead atoms. The molecular weight excluding hydrogens is 380 g/mol. The highest BCUT2D eigenvalue weighted by molar-refractivity contribution is 5.79. The molecule has 168 valence electrons. The van der Waals surface area contributed by atoms with Crippen molar-refractivity contribution in [2.24, 2.45) is 10.9 Å². The zero-order valence-corrected chi connectivity index (χ0v) is 18.8. The molecule has 7 heteroatoms. The van der Waals surface area contributed by atoms with Crippen LogP contribution in [0.4, 0.5) is 0 Å². The Labute approximate surface area is 181 Å². The molecule has 3 rings (SSSR count). The second-order valence-corrected chi connectivity index (χ2v) is 8.38. The number of morpholine rings is 1. The Balaban J connectivity index is 1.45. The van der Waals surface area contributed by atoms with Crippen LogP contribution in [0.25, 0.3) is 0 Å². The first-order valence-corrected chi connectivity index (χ1v) is 11.2. The van der Waals surface area contributed by atoms with Gasteiger partial charge in [0, 0.05) is 51.9 Å². The SMILES string of the molecule is CN=C(NCc1ccc(C)cc1OCC1CCCO1)NCC(C)CN1CCOCC1. The Morgan fingerprint density at radius 3 is 2.83 bits per heavy atom. The van der Waals surface area contributed by atoms with Gasteiger partial charge in [-0.15, -0.1) is 0 Å². The van der Waals surface area contributed by atoms with Crippen molar-refractivity contribution in [2.75, 3.05) is 59.7 Å². The van der Waals surface area contributed by atoms with Crippen LogP contribution >= 0.6 is 0 Å². The smallest absolute Gasteiger partial charge is 0.191 e. The second-order valence-electron chi connectivity index (χ2n) is 8.38. The molecule has 2 aliphatic rings. The normalized spacial score (nSPS) is 21.4. The number of hydrogen-bond acceptors (Lipinski definition) is 5. The first kappa shape index (κ1) is 22.8. The maximum absolute atomic E-state index is 6.11. The van der Waals surface area contributed by atoms with Gasteiger partial charge in [-0.2, -0.15) is 0 Å². The molecule has 0 aliphatic carbocycles. The van der Waals surface area contributed by atoms with Crippen molar-refractivity contribution in [1.82, 2.24) is 15.5 Å². The molecule has 0 spiro atoms. The number of aryl methyl sites for hydroxylation is 1. The average Bonchev–Trinajstić information content (AvgIpc) is 3.28. The monoisotopic (exact) mass is 418 g/mol. The number of rotatable bonds is 9. The molecule has 2 heterocycles. The number of aliphatic imine (C=N–C) groups is 1. The fourth-order valence-corrected chi connectivity index (χ4v) is 3.86. The minimum Gasteiger partial charge on any atom is -0.491 e. The van der Waals surface area contributed by atoms with E-state index in [0.717, 1.165) is 76.1 Å². The van der Waals surface area contributed by atoms with Gasteiger partial charge in [0.15, 0.2) is 5.96 Å². The lowest BCUT2D eigenvalue weighted by molar-refractivity contribution is 0.0320. The van der Waals surface area contributed by atoms with E-state index in [4.69, 9.17) is 14.2 Å². The van der Waals surface area contributed by atoms with E-state index in [-0.39, 0.29) is 6.10 Å². The van der Waals surface area contributed by atoms with Crippen LogP contribution in [0.5, 0.6) is 5.75 Å². The van der Waals surface area contributed by atoms with E-state index in [0.29, 0.717) is 19.1 Å². The number of nitrogens with zero attached hydrogens (tertiary/aromatic N) is 2. The van der Waals surface area contributed by atoms with Crippen LogP contribution in [0.2, 0.25) is 0 Å². The van der Waals surface area contributed by atoms with E-state index in [2.05, 4.69) is 52.6 Å². The maximum atomic E-state index is 6.11. The Morgan fingerprint density at radius 2 is 2.10 bits per heavy atom. The van der Waals surface area contributed by atoms with Gasteiger partial charge >= 0.3 is 0 Å². The summed E-state index contributed by atoms with van der Waals surface area (Å²) in [5, 5.41) is 6.88. The average molecular weight is 419 g/mol. The number of hydrogen-bond donors (Lipinski definition) is 2. The number of ether oxygens (including phenoxy) is 3. The Bertz CT molecular complexity index is 670. The fraction of sp³-hybridized carbons (Fsp3) is 0.696. The van der Waals surface area contributed by atoms with E-state index >= 15 is 0 Å². The quantitative estimate of drug-likeness (QED) is 0.473. The fourth-order valence-electron chi connectivity index (χ4n) is 3.86. The van der Waals surface area contributed by atoms with Gasteiger partial charge in [0.1, 0.15) is 12.4 Å². The Kier molecular flexibility index (Phi) is 9.24. The zero-order valence-electron chi connectivity index (χ0n) is 18.8. The highest BCUT2D eigenvalue weighted by Gasteiger charge is 2.17. The molecule has 0 radical (unpaired) electrons. The molecule has 2 aliphatic heterocycles. The number of nitrogens with one attached hydrogen (secondary N) is 2. The predicted octanol–water partition coefficient (Wildman–Crippen LogP) is 2.19. The molecular formula is C23H38N4O3. The van der Waals surface area contributed by atoms with Crippen molar-refractivity contribution in [1.29, 1.82) is 0 Å². The van der Waals surface area contributed by atoms with Crippen molar-refractivity contribution in [2.45, 2.75) is 39.3 Å². The van der Waals surface area contributed by atoms with Gasteiger partial charge in [0.2, 0.25) is 0 Å². The first-order chi connectivity index (χ1) is 14.6. The highest BCUT2D eigenvalue weighted by atomic mass is 16.5. The Morgan fingerprint density at radius 1 is 1.27 bits per heavy atom. The van der Waals surface area contributed by atoms with Gasteiger partial charge < -0.3 is 24.8 Å². The molecule has 7 nitrogen and oxygen atoms in total. The first-order valence-electron chi connectivity index (χ1n) is 11.2. The molecule has 1 aromatic rings. The third-order valence-corrected chi connectivity index (χ3v) is 5.63. The van der Waals surface area contributed by atoms with Crippen LogP contribution in [-0.2, 0) is 16.0 Å². The van der Waals surface area contributed by atoms with Crippen LogP contribution in [-0.4, -0.2) is 76.6 Å². The topological polar surface area (TPSA) is 67.4 Å². The largest absolute Gasteiger partial charge is 0.491 e. The van der Waals surface area contributed by atoms with Gasteiger partial charge in [-0.3, -0.25) is 9.89 Å². The van der Waals surface area contributed by atoms with Gasteiger partial charge in [-0.25, -0.2) is 0 Å².